The van der Waals surface area contributed by atoms with Crippen LogP contribution in [0.1, 0.15) is 22.5 Å². The highest BCUT2D eigenvalue weighted by Crippen LogP contribution is 2.28. The van der Waals surface area contributed by atoms with Crippen molar-refractivity contribution in [1.29, 1.82) is 0 Å². The fourth-order valence-corrected chi connectivity index (χ4v) is 4.59. The molecule has 4 rings (SSSR count). The Bertz CT molecular complexity index is 856. The fraction of sp³-hybridized carbons (Fsp3) is 0.476. The number of carbonyl (C=O) groups excluding carboxylic acids is 2. The Morgan fingerprint density at radius 2 is 1.93 bits per heavy atom. The molecule has 1 aromatic carbocycles. The van der Waals surface area contributed by atoms with Gasteiger partial charge in [0.2, 0.25) is 5.91 Å². The van der Waals surface area contributed by atoms with Crippen LogP contribution in [0.15, 0.2) is 36.0 Å². The number of hydrogen-bond acceptors (Lipinski definition) is 6. The number of amides is 2. The number of morpholine rings is 1. The standard InChI is InChI=1S/C21H24ClN3O4S/c22-16-1-3-17(4-2-16)29-18-5-6-25(21(27)19-12-23-14-30-19)13-15(18)11-20(26)24-7-9-28-10-8-24/h1-4,12,14-15,18H,5-11,13H2/t15-,18-/m0/s1. The highest BCUT2D eigenvalue weighted by atomic mass is 35.5. The number of piperidine rings is 1. The fourth-order valence-electron chi connectivity index (χ4n) is 3.88. The topological polar surface area (TPSA) is 72.0 Å². The number of carbonyl (C=O) groups is 2. The zero-order valence-corrected chi connectivity index (χ0v) is 18.1. The van der Waals surface area contributed by atoms with Crippen LogP contribution in [0.4, 0.5) is 0 Å². The number of hydrogen-bond donors (Lipinski definition) is 0. The Labute approximate surface area is 184 Å². The van der Waals surface area contributed by atoms with Crippen molar-refractivity contribution in [2.45, 2.75) is 18.9 Å². The van der Waals surface area contributed by atoms with Crippen LogP contribution in [0.5, 0.6) is 5.75 Å². The number of rotatable bonds is 5. The van der Waals surface area contributed by atoms with Crippen LogP contribution in [0, 0.1) is 5.92 Å². The second-order valence-corrected chi connectivity index (χ2v) is 8.80. The van der Waals surface area contributed by atoms with Gasteiger partial charge in [-0.05, 0) is 24.3 Å². The second-order valence-electron chi connectivity index (χ2n) is 7.47. The van der Waals surface area contributed by atoms with Crippen LogP contribution in [0.2, 0.25) is 5.02 Å². The molecule has 0 spiro atoms. The van der Waals surface area contributed by atoms with Crippen molar-refractivity contribution in [2.24, 2.45) is 5.92 Å². The van der Waals surface area contributed by atoms with Gasteiger partial charge in [-0.3, -0.25) is 14.6 Å². The van der Waals surface area contributed by atoms with Crippen LogP contribution >= 0.6 is 22.9 Å². The third kappa shape index (κ3) is 5.11. The van der Waals surface area contributed by atoms with E-state index in [9.17, 15) is 9.59 Å². The van der Waals surface area contributed by atoms with E-state index in [2.05, 4.69) is 4.98 Å². The summed E-state index contributed by atoms with van der Waals surface area (Å²) in [6.07, 6.45) is 2.44. The summed E-state index contributed by atoms with van der Waals surface area (Å²) >= 11 is 7.31. The number of thiazole rings is 1. The smallest absolute Gasteiger partial charge is 0.265 e. The van der Waals surface area contributed by atoms with Crippen molar-refractivity contribution >= 4 is 34.8 Å². The predicted octanol–water partition coefficient (Wildman–Crippen LogP) is 2.96. The minimum absolute atomic E-state index is 0.0359. The van der Waals surface area contributed by atoms with E-state index in [1.54, 1.807) is 23.8 Å². The molecule has 2 fully saturated rings. The lowest BCUT2D eigenvalue weighted by molar-refractivity contribution is -0.137. The summed E-state index contributed by atoms with van der Waals surface area (Å²) in [4.78, 5) is 34.0. The maximum atomic E-state index is 12.9. The number of aromatic nitrogens is 1. The third-order valence-electron chi connectivity index (χ3n) is 5.50. The molecule has 0 bridgehead atoms. The molecular formula is C21H24ClN3O4S. The Kier molecular flexibility index (Phi) is 6.86. The van der Waals surface area contributed by atoms with E-state index in [4.69, 9.17) is 21.1 Å². The average Bonchev–Trinajstić information content (AvgIpc) is 3.31. The highest BCUT2D eigenvalue weighted by molar-refractivity contribution is 7.11. The first-order valence-corrected chi connectivity index (χ1v) is 11.3. The minimum atomic E-state index is -0.151. The van der Waals surface area contributed by atoms with Crippen LogP contribution in [0.25, 0.3) is 0 Å². The van der Waals surface area contributed by atoms with Crippen molar-refractivity contribution in [3.05, 3.63) is 45.9 Å². The summed E-state index contributed by atoms with van der Waals surface area (Å²) in [5.41, 5.74) is 1.66. The van der Waals surface area contributed by atoms with Crippen LogP contribution < -0.4 is 4.74 Å². The molecule has 0 N–H and O–H groups in total. The summed E-state index contributed by atoms with van der Waals surface area (Å²) in [6, 6.07) is 7.23. The second kappa shape index (κ2) is 9.76. The largest absolute Gasteiger partial charge is 0.490 e. The Hall–Kier alpha value is -2.16. The van der Waals surface area contributed by atoms with Gasteiger partial charge in [0.1, 0.15) is 16.7 Å². The average molecular weight is 450 g/mol. The van der Waals surface area contributed by atoms with Gasteiger partial charge in [-0.2, -0.15) is 0 Å². The molecule has 2 saturated heterocycles. The molecule has 0 unspecified atom stereocenters. The molecule has 2 aliphatic rings. The van der Waals surface area contributed by atoms with Crippen LogP contribution in [-0.2, 0) is 9.53 Å². The molecule has 2 aliphatic heterocycles. The van der Waals surface area contributed by atoms with Crippen LogP contribution in [-0.4, -0.2) is 72.1 Å². The molecule has 2 amide bonds. The van der Waals surface area contributed by atoms with E-state index in [0.29, 0.717) is 62.1 Å². The SMILES string of the molecule is O=C(C[C@H]1CN(C(=O)c2cncs2)CC[C@@H]1Oc1ccc(Cl)cc1)N1CCOCC1. The maximum absolute atomic E-state index is 12.9. The molecule has 1 aromatic heterocycles. The lowest BCUT2D eigenvalue weighted by atomic mass is 9.90. The zero-order valence-electron chi connectivity index (χ0n) is 16.5. The minimum Gasteiger partial charge on any atom is -0.490 e. The van der Waals surface area contributed by atoms with Crippen molar-refractivity contribution in [2.75, 3.05) is 39.4 Å². The molecule has 160 valence electrons. The van der Waals surface area contributed by atoms with E-state index in [0.717, 1.165) is 5.75 Å². The first-order chi connectivity index (χ1) is 14.6. The molecule has 2 aromatic rings. The molecule has 9 heteroatoms. The number of benzene rings is 1. The molecule has 2 atom stereocenters. The monoisotopic (exact) mass is 449 g/mol. The Morgan fingerprint density at radius 1 is 1.17 bits per heavy atom. The number of likely N-dealkylation sites (tertiary alicyclic amines) is 1. The van der Waals surface area contributed by atoms with Crippen molar-refractivity contribution in [1.82, 2.24) is 14.8 Å². The quantitative estimate of drug-likeness (QED) is 0.701. The molecule has 0 aliphatic carbocycles. The Balaban J connectivity index is 1.47. The van der Waals surface area contributed by atoms with E-state index in [-0.39, 0.29) is 23.8 Å². The summed E-state index contributed by atoms with van der Waals surface area (Å²) < 4.78 is 11.6. The number of halogens is 1. The summed E-state index contributed by atoms with van der Waals surface area (Å²) in [5.74, 6) is 0.670. The third-order valence-corrected chi connectivity index (χ3v) is 6.51. The van der Waals surface area contributed by atoms with Crippen LogP contribution in [0.3, 0.4) is 0 Å². The lowest BCUT2D eigenvalue weighted by Gasteiger charge is -2.39. The van der Waals surface area contributed by atoms with Gasteiger partial charge >= 0.3 is 0 Å². The number of nitrogens with zero attached hydrogens (tertiary/aromatic N) is 3. The van der Waals surface area contributed by atoms with Crippen molar-refractivity contribution in [3.8, 4) is 5.75 Å². The van der Waals surface area contributed by atoms with Gasteiger partial charge in [0, 0.05) is 50.0 Å². The van der Waals surface area contributed by atoms with Gasteiger partial charge in [-0.15, -0.1) is 11.3 Å². The molecule has 7 nitrogen and oxygen atoms in total. The summed E-state index contributed by atoms with van der Waals surface area (Å²) in [7, 11) is 0. The van der Waals surface area contributed by atoms with E-state index >= 15 is 0 Å². The molecule has 3 heterocycles. The molecule has 30 heavy (non-hydrogen) atoms. The van der Waals surface area contributed by atoms with Gasteiger partial charge in [0.25, 0.3) is 5.91 Å². The van der Waals surface area contributed by atoms with E-state index < -0.39 is 0 Å². The first-order valence-electron chi connectivity index (χ1n) is 10.1. The lowest BCUT2D eigenvalue weighted by Crippen LogP contribution is -2.50. The number of ether oxygens (including phenoxy) is 2. The van der Waals surface area contributed by atoms with Gasteiger partial charge in [0.05, 0.1) is 24.9 Å². The van der Waals surface area contributed by atoms with Gasteiger partial charge < -0.3 is 19.3 Å². The first kappa shape index (κ1) is 21.1. The van der Waals surface area contributed by atoms with Crippen molar-refractivity contribution < 1.29 is 19.1 Å². The van der Waals surface area contributed by atoms with E-state index in [1.807, 2.05) is 21.9 Å². The summed E-state index contributed by atoms with van der Waals surface area (Å²) in [5, 5.41) is 0.645. The highest BCUT2D eigenvalue weighted by Gasteiger charge is 2.36. The maximum Gasteiger partial charge on any atom is 0.265 e. The van der Waals surface area contributed by atoms with Gasteiger partial charge in [0.15, 0.2) is 0 Å². The van der Waals surface area contributed by atoms with Gasteiger partial charge in [-0.25, -0.2) is 0 Å². The van der Waals surface area contributed by atoms with Crippen molar-refractivity contribution in [3.63, 3.8) is 0 Å². The van der Waals surface area contributed by atoms with Gasteiger partial charge in [-0.1, -0.05) is 11.6 Å². The molecule has 0 saturated carbocycles. The summed E-state index contributed by atoms with van der Waals surface area (Å²) in [6.45, 7) is 3.41. The molecular weight excluding hydrogens is 426 g/mol. The predicted molar refractivity (Wildman–Crippen MR) is 114 cm³/mol. The van der Waals surface area contributed by atoms with E-state index in [1.165, 1.54) is 11.3 Å². The normalized spacial score (nSPS) is 22.0. The molecule has 0 radical (unpaired) electrons. The zero-order chi connectivity index (χ0) is 20.9. The Morgan fingerprint density at radius 3 is 2.63 bits per heavy atom.